The van der Waals surface area contributed by atoms with Gasteiger partial charge in [0.05, 0.1) is 12.1 Å². The largest absolute Gasteiger partial charge is 0.416 e. The molecular weight excluding hydrogens is 267 g/mol. The van der Waals surface area contributed by atoms with Gasteiger partial charge in [-0.2, -0.15) is 18.3 Å². The van der Waals surface area contributed by atoms with E-state index in [1.54, 1.807) is 23.9 Å². The van der Waals surface area contributed by atoms with Gasteiger partial charge >= 0.3 is 6.18 Å². The minimum absolute atomic E-state index is 0.264. The average Bonchev–Trinajstić information content (AvgIpc) is 2.91. The standard InChI is InChI=1S/C14H16F3N3/c1-11(18-8-10-20-9-4-7-19-20)12-5-2-3-6-13(12)14(15,16)17/h2-7,9,11,18H,8,10H2,1H3. The lowest BCUT2D eigenvalue weighted by atomic mass is 10.0. The highest BCUT2D eigenvalue weighted by Crippen LogP contribution is 2.34. The van der Waals surface area contributed by atoms with Crippen molar-refractivity contribution in [1.82, 2.24) is 15.1 Å². The summed E-state index contributed by atoms with van der Waals surface area (Å²) in [5, 5.41) is 7.13. The van der Waals surface area contributed by atoms with Gasteiger partial charge in [-0.05, 0) is 24.6 Å². The molecule has 20 heavy (non-hydrogen) atoms. The second-order valence-corrected chi connectivity index (χ2v) is 4.53. The fourth-order valence-corrected chi connectivity index (χ4v) is 2.07. The molecule has 0 fully saturated rings. The third-order valence-electron chi connectivity index (χ3n) is 3.08. The molecule has 6 heteroatoms. The molecule has 1 unspecified atom stereocenters. The summed E-state index contributed by atoms with van der Waals surface area (Å²) >= 11 is 0. The molecule has 1 atom stereocenters. The van der Waals surface area contributed by atoms with Crippen LogP contribution in [0, 0.1) is 0 Å². The van der Waals surface area contributed by atoms with Crippen LogP contribution in [0.1, 0.15) is 24.1 Å². The Labute approximate surface area is 115 Å². The van der Waals surface area contributed by atoms with E-state index in [0.29, 0.717) is 13.1 Å². The SMILES string of the molecule is CC(NCCn1cccn1)c1ccccc1C(F)(F)F. The van der Waals surface area contributed by atoms with E-state index in [0.717, 1.165) is 6.07 Å². The number of hydrogen-bond donors (Lipinski definition) is 1. The molecule has 1 aromatic heterocycles. The molecule has 0 aliphatic heterocycles. The summed E-state index contributed by atoms with van der Waals surface area (Å²) in [7, 11) is 0. The Bertz CT molecular complexity index is 535. The van der Waals surface area contributed by atoms with E-state index in [2.05, 4.69) is 10.4 Å². The molecule has 0 aliphatic rings. The van der Waals surface area contributed by atoms with Gasteiger partial charge in [-0.1, -0.05) is 18.2 Å². The van der Waals surface area contributed by atoms with Crippen LogP contribution in [-0.4, -0.2) is 16.3 Å². The number of nitrogens with zero attached hydrogens (tertiary/aromatic N) is 2. The zero-order valence-corrected chi connectivity index (χ0v) is 11.1. The summed E-state index contributed by atoms with van der Waals surface area (Å²) in [6.45, 7) is 2.90. The Balaban J connectivity index is 2.00. The highest BCUT2D eigenvalue weighted by atomic mass is 19.4. The van der Waals surface area contributed by atoms with Crippen molar-refractivity contribution in [2.75, 3.05) is 6.54 Å². The van der Waals surface area contributed by atoms with Gasteiger partial charge in [0, 0.05) is 25.0 Å². The van der Waals surface area contributed by atoms with Crippen LogP contribution in [0.4, 0.5) is 13.2 Å². The minimum atomic E-state index is -4.32. The summed E-state index contributed by atoms with van der Waals surface area (Å²) in [5.74, 6) is 0. The van der Waals surface area contributed by atoms with E-state index in [4.69, 9.17) is 0 Å². The molecular formula is C14H16F3N3. The molecule has 0 spiro atoms. The van der Waals surface area contributed by atoms with Crippen molar-refractivity contribution in [3.8, 4) is 0 Å². The number of nitrogens with one attached hydrogen (secondary N) is 1. The van der Waals surface area contributed by atoms with Crippen LogP contribution >= 0.6 is 0 Å². The van der Waals surface area contributed by atoms with Gasteiger partial charge < -0.3 is 5.32 Å². The first kappa shape index (κ1) is 14.6. The molecule has 0 aliphatic carbocycles. The first-order chi connectivity index (χ1) is 9.48. The van der Waals surface area contributed by atoms with E-state index < -0.39 is 11.7 Å². The summed E-state index contributed by atoms with van der Waals surface area (Å²) < 4.78 is 40.5. The predicted octanol–water partition coefficient (Wildman–Crippen LogP) is 3.25. The Morgan fingerprint density at radius 2 is 2.00 bits per heavy atom. The second-order valence-electron chi connectivity index (χ2n) is 4.53. The van der Waals surface area contributed by atoms with Gasteiger partial charge in [-0.15, -0.1) is 0 Å². The van der Waals surface area contributed by atoms with Gasteiger partial charge in [-0.25, -0.2) is 0 Å². The average molecular weight is 283 g/mol. The lowest BCUT2D eigenvalue weighted by molar-refractivity contribution is -0.138. The van der Waals surface area contributed by atoms with Gasteiger partial charge in [0.25, 0.3) is 0 Å². The molecule has 108 valence electrons. The molecule has 2 rings (SSSR count). The van der Waals surface area contributed by atoms with Crippen molar-refractivity contribution < 1.29 is 13.2 Å². The summed E-state index contributed by atoms with van der Waals surface area (Å²) in [6, 6.07) is 7.08. The fourth-order valence-electron chi connectivity index (χ4n) is 2.07. The van der Waals surface area contributed by atoms with Crippen molar-refractivity contribution >= 4 is 0 Å². The van der Waals surface area contributed by atoms with E-state index in [9.17, 15) is 13.2 Å². The van der Waals surface area contributed by atoms with Crippen molar-refractivity contribution in [3.63, 3.8) is 0 Å². The van der Waals surface area contributed by atoms with E-state index in [-0.39, 0.29) is 11.6 Å². The molecule has 1 aromatic carbocycles. The second kappa shape index (κ2) is 6.09. The van der Waals surface area contributed by atoms with Crippen molar-refractivity contribution in [2.24, 2.45) is 0 Å². The maximum Gasteiger partial charge on any atom is 0.416 e. The predicted molar refractivity (Wildman–Crippen MR) is 70.1 cm³/mol. The fraction of sp³-hybridized carbons (Fsp3) is 0.357. The zero-order valence-electron chi connectivity index (χ0n) is 11.1. The van der Waals surface area contributed by atoms with Crippen molar-refractivity contribution in [1.29, 1.82) is 0 Å². The maximum absolute atomic E-state index is 12.9. The Hall–Kier alpha value is -1.82. The van der Waals surface area contributed by atoms with Crippen LogP contribution in [-0.2, 0) is 12.7 Å². The van der Waals surface area contributed by atoms with Gasteiger partial charge in [-0.3, -0.25) is 4.68 Å². The first-order valence-electron chi connectivity index (χ1n) is 6.35. The van der Waals surface area contributed by atoms with Gasteiger partial charge in [0.2, 0.25) is 0 Å². The maximum atomic E-state index is 12.9. The van der Waals surface area contributed by atoms with E-state index in [1.807, 2.05) is 12.3 Å². The first-order valence-corrected chi connectivity index (χ1v) is 6.35. The lowest BCUT2D eigenvalue weighted by Gasteiger charge is -2.19. The monoisotopic (exact) mass is 283 g/mol. The van der Waals surface area contributed by atoms with Crippen LogP contribution in [0.5, 0.6) is 0 Å². The molecule has 1 heterocycles. The van der Waals surface area contributed by atoms with Crippen LogP contribution in [0.3, 0.4) is 0 Å². The highest BCUT2D eigenvalue weighted by Gasteiger charge is 2.33. The van der Waals surface area contributed by atoms with Crippen LogP contribution in [0.25, 0.3) is 0 Å². The van der Waals surface area contributed by atoms with E-state index in [1.165, 1.54) is 12.1 Å². The molecule has 0 radical (unpaired) electrons. The van der Waals surface area contributed by atoms with Gasteiger partial charge in [0.15, 0.2) is 0 Å². The number of alkyl halides is 3. The number of benzene rings is 1. The minimum Gasteiger partial charge on any atom is -0.308 e. The topological polar surface area (TPSA) is 29.9 Å². The van der Waals surface area contributed by atoms with Crippen LogP contribution in [0.2, 0.25) is 0 Å². The van der Waals surface area contributed by atoms with Crippen molar-refractivity contribution in [2.45, 2.75) is 25.7 Å². The molecule has 2 aromatic rings. The van der Waals surface area contributed by atoms with Crippen molar-refractivity contribution in [3.05, 3.63) is 53.9 Å². The normalized spacial score (nSPS) is 13.4. The third kappa shape index (κ3) is 3.60. The summed E-state index contributed by atoms with van der Waals surface area (Å²) in [5.41, 5.74) is -0.320. The molecule has 1 N–H and O–H groups in total. The third-order valence-corrected chi connectivity index (χ3v) is 3.08. The smallest absolute Gasteiger partial charge is 0.308 e. The molecule has 0 saturated carbocycles. The van der Waals surface area contributed by atoms with Crippen LogP contribution < -0.4 is 5.32 Å². The Morgan fingerprint density at radius 3 is 2.65 bits per heavy atom. The number of hydrogen-bond acceptors (Lipinski definition) is 2. The zero-order chi connectivity index (χ0) is 14.6. The summed E-state index contributed by atoms with van der Waals surface area (Å²) in [6.07, 6.45) is -0.840. The molecule has 3 nitrogen and oxygen atoms in total. The molecule has 0 saturated heterocycles. The number of aromatic nitrogens is 2. The van der Waals surface area contributed by atoms with Gasteiger partial charge in [0.1, 0.15) is 0 Å². The lowest BCUT2D eigenvalue weighted by Crippen LogP contribution is -2.25. The summed E-state index contributed by atoms with van der Waals surface area (Å²) in [4.78, 5) is 0. The van der Waals surface area contributed by atoms with Crippen LogP contribution in [0.15, 0.2) is 42.7 Å². The Morgan fingerprint density at radius 1 is 1.25 bits per heavy atom. The highest BCUT2D eigenvalue weighted by molar-refractivity contribution is 5.31. The molecule has 0 bridgehead atoms. The Kier molecular flexibility index (Phi) is 4.44. The number of halogens is 3. The quantitative estimate of drug-likeness (QED) is 0.913. The number of rotatable bonds is 5. The molecule has 0 amide bonds. The van der Waals surface area contributed by atoms with E-state index >= 15 is 0 Å².